The van der Waals surface area contributed by atoms with Gasteiger partial charge in [0.15, 0.2) is 5.82 Å². The Labute approximate surface area is 108 Å². The predicted molar refractivity (Wildman–Crippen MR) is 65.7 cm³/mol. The summed E-state index contributed by atoms with van der Waals surface area (Å²) in [5.74, 6) is -1.62. The molecule has 102 valence electrons. The van der Waals surface area contributed by atoms with Crippen LogP contribution in [0.25, 0.3) is 0 Å². The van der Waals surface area contributed by atoms with Crippen molar-refractivity contribution in [2.45, 2.75) is 25.3 Å². The second-order valence-electron chi connectivity index (χ2n) is 4.48. The van der Waals surface area contributed by atoms with E-state index in [0.29, 0.717) is 13.0 Å². The Morgan fingerprint density at radius 1 is 1.58 bits per heavy atom. The average Bonchev–Trinajstić information content (AvgIpc) is 2.75. The third kappa shape index (κ3) is 2.81. The third-order valence-electron chi connectivity index (χ3n) is 3.24. The van der Waals surface area contributed by atoms with Crippen molar-refractivity contribution in [2.75, 3.05) is 11.4 Å². The largest absolute Gasteiger partial charge is 0.481 e. The Morgan fingerprint density at radius 2 is 2.32 bits per heavy atom. The van der Waals surface area contributed by atoms with E-state index in [0.717, 1.165) is 12.5 Å². The van der Waals surface area contributed by atoms with Crippen LogP contribution >= 0.6 is 0 Å². The van der Waals surface area contributed by atoms with Gasteiger partial charge in [0.25, 0.3) is 5.69 Å². The number of carboxylic acid groups (broad SMARTS) is 1. The van der Waals surface area contributed by atoms with Gasteiger partial charge in [-0.2, -0.15) is 0 Å². The average molecular weight is 268 g/mol. The molecule has 0 spiro atoms. The molecule has 0 radical (unpaired) electrons. The number of nitrogens with zero attached hydrogens (tertiary/aromatic N) is 2. The van der Waals surface area contributed by atoms with Crippen LogP contribution in [0.4, 0.5) is 15.8 Å². The predicted octanol–water partition coefficient (Wildman–Crippen LogP) is 2.18. The zero-order valence-corrected chi connectivity index (χ0v) is 10.1. The quantitative estimate of drug-likeness (QED) is 0.668. The number of nitro benzene ring substituents is 1. The zero-order chi connectivity index (χ0) is 14.0. The van der Waals surface area contributed by atoms with E-state index in [1.54, 1.807) is 4.90 Å². The molecule has 0 aromatic heterocycles. The minimum absolute atomic E-state index is 0.0591. The highest BCUT2D eigenvalue weighted by Gasteiger charge is 2.29. The fourth-order valence-corrected chi connectivity index (χ4v) is 2.41. The summed E-state index contributed by atoms with van der Waals surface area (Å²) in [4.78, 5) is 22.3. The van der Waals surface area contributed by atoms with Crippen LogP contribution in [-0.2, 0) is 4.79 Å². The lowest BCUT2D eigenvalue weighted by atomic mass is 10.1. The number of hydrogen-bond acceptors (Lipinski definition) is 4. The number of hydrogen-bond donors (Lipinski definition) is 1. The molecule has 0 saturated carbocycles. The molecule has 0 bridgehead atoms. The summed E-state index contributed by atoms with van der Waals surface area (Å²) in [6.07, 6.45) is 1.41. The monoisotopic (exact) mass is 268 g/mol. The number of carbonyl (C=O) groups is 1. The lowest BCUT2D eigenvalue weighted by molar-refractivity contribution is -0.385. The molecule has 1 atom stereocenters. The van der Waals surface area contributed by atoms with Crippen molar-refractivity contribution in [3.8, 4) is 0 Å². The van der Waals surface area contributed by atoms with Gasteiger partial charge >= 0.3 is 5.97 Å². The summed E-state index contributed by atoms with van der Waals surface area (Å²) in [5.41, 5.74) is -0.0791. The lowest BCUT2D eigenvalue weighted by Gasteiger charge is -2.25. The van der Waals surface area contributed by atoms with Gasteiger partial charge in [-0.15, -0.1) is 0 Å². The SMILES string of the molecule is O=C(O)CC1CCCN1c1ccc([N+](=O)[O-])cc1F. The van der Waals surface area contributed by atoms with E-state index >= 15 is 0 Å². The molecule has 1 aromatic carbocycles. The topological polar surface area (TPSA) is 83.7 Å². The molecular formula is C12H13FN2O4. The van der Waals surface area contributed by atoms with Gasteiger partial charge in [0.2, 0.25) is 0 Å². The second kappa shape index (κ2) is 5.21. The van der Waals surface area contributed by atoms with Crippen molar-refractivity contribution in [3.05, 3.63) is 34.1 Å². The molecule has 1 aromatic rings. The number of non-ortho nitro benzene ring substituents is 1. The molecular weight excluding hydrogens is 255 g/mol. The number of nitro groups is 1. The molecule has 0 aliphatic carbocycles. The maximum atomic E-state index is 13.9. The van der Waals surface area contributed by atoms with Gasteiger partial charge in [0, 0.05) is 18.7 Å². The van der Waals surface area contributed by atoms with Crippen molar-refractivity contribution in [3.63, 3.8) is 0 Å². The Hall–Kier alpha value is -2.18. The summed E-state index contributed by atoms with van der Waals surface area (Å²) in [6.45, 7) is 0.562. The Balaban J connectivity index is 2.25. The van der Waals surface area contributed by atoms with Gasteiger partial charge in [0.05, 0.1) is 23.1 Å². The van der Waals surface area contributed by atoms with Gasteiger partial charge in [-0.25, -0.2) is 4.39 Å². The Morgan fingerprint density at radius 3 is 2.89 bits per heavy atom. The van der Waals surface area contributed by atoms with E-state index < -0.39 is 16.7 Å². The van der Waals surface area contributed by atoms with Gasteiger partial charge in [0.1, 0.15) is 0 Å². The number of halogens is 1. The van der Waals surface area contributed by atoms with Crippen molar-refractivity contribution in [2.24, 2.45) is 0 Å². The molecule has 1 heterocycles. The highest BCUT2D eigenvalue weighted by atomic mass is 19.1. The van der Waals surface area contributed by atoms with E-state index in [1.807, 2.05) is 0 Å². The first kappa shape index (κ1) is 13.3. The van der Waals surface area contributed by atoms with Crippen LogP contribution in [0.15, 0.2) is 18.2 Å². The molecule has 1 saturated heterocycles. The van der Waals surface area contributed by atoms with Crippen LogP contribution in [0.1, 0.15) is 19.3 Å². The number of anilines is 1. The number of carboxylic acids is 1. The van der Waals surface area contributed by atoms with E-state index in [4.69, 9.17) is 5.11 Å². The standard InChI is InChI=1S/C12H13FN2O4/c13-10-6-9(15(18)19)3-4-11(10)14-5-1-2-8(14)7-12(16)17/h3-4,6,8H,1-2,5,7H2,(H,16,17). The fraction of sp³-hybridized carbons (Fsp3) is 0.417. The first-order valence-corrected chi connectivity index (χ1v) is 5.91. The van der Waals surface area contributed by atoms with E-state index in [-0.39, 0.29) is 23.8 Å². The lowest BCUT2D eigenvalue weighted by Crippen LogP contribution is -2.31. The van der Waals surface area contributed by atoms with E-state index in [2.05, 4.69) is 0 Å². The van der Waals surface area contributed by atoms with Crippen LogP contribution < -0.4 is 4.90 Å². The molecule has 1 unspecified atom stereocenters. The minimum Gasteiger partial charge on any atom is -0.481 e. The summed E-state index contributed by atoms with van der Waals surface area (Å²) in [6, 6.07) is 3.18. The van der Waals surface area contributed by atoms with Crippen LogP contribution in [0.2, 0.25) is 0 Å². The smallest absolute Gasteiger partial charge is 0.305 e. The second-order valence-corrected chi connectivity index (χ2v) is 4.48. The Kier molecular flexibility index (Phi) is 3.64. The molecule has 0 amide bonds. The van der Waals surface area contributed by atoms with Crippen molar-refractivity contribution >= 4 is 17.3 Å². The summed E-state index contributed by atoms with van der Waals surface area (Å²) < 4.78 is 13.9. The van der Waals surface area contributed by atoms with Crippen molar-refractivity contribution < 1.29 is 19.2 Å². The summed E-state index contributed by atoms with van der Waals surface area (Å²) >= 11 is 0. The molecule has 7 heteroatoms. The molecule has 1 fully saturated rings. The minimum atomic E-state index is -0.931. The first-order chi connectivity index (χ1) is 8.99. The molecule has 2 rings (SSSR count). The molecule has 6 nitrogen and oxygen atoms in total. The van der Waals surface area contributed by atoms with E-state index in [9.17, 15) is 19.3 Å². The van der Waals surface area contributed by atoms with Crippen LogP contribution in [0, 0.1) is 15.9 Å². The van der Waals surface area contributed by atoms with Crippen molar-refractivity contribution in [1.82, 2.24) is 0 Å². The first-order valence-electron chi connectivity index (χ1n) is 5.91. The van der Waals surface area contributed by atoms with Gasteiger partial charge in [-0.05, 0) is 18.9 Å². The normalized spacial score (nSPS) is 18.6. The molecule has 1 N–H and O–H groups in total. The molecule has 19 heavy (non-hydrogen) atoms. The van der Waals surface area contributed by atoms with E-state index in [1.165, 1.54) is 12.1 Å². The summed E-state index contributed by atoms with van der Waals surface area (Å²) in [7, 11) is 0. The van der Waals surface area contributed by atoms with Crippen LogP contribution in [0.3, 0.4) is 0 Å². The third-order valence-corrected chi connectivity index (χ3v) is 3.24. The number of benzene rings is 1. The van der Waals surface area contributed by atoms with Gasteiger partial charge in [-0.3, -0.25) is 14.9 Å². The molecule has 1 aliphatic rings. The number of rotatable bonds is 4. The highest BCUT2D eigenvalue weighted by molar-refractivity contribution is 5.69. The maximum absolute atomic E-state index is 13.9. The van der Waals surface area contributed by atoms with Gasteiger partial charge < -0.3 is 10.0 Å². The zero-order valence-electron chi connectivity index (χ0n) is 10.1. The molecule has 1 aliphatic heterocycles. The Bertz CT molecular complexity index is 520. The summed E-state index contributed by atoms with van der Waals surface area (Å²) in [5, 5.41) is 19.4. The number of aliphatic carboxylic acids is 1. The van der Waals surface area contributed by atoms with Crippen LogP contribution in [-0.4, -0.2) is 28.6 Å². The highest BCUT2D eigenvalue weighted by Crippen LogP contribution is 2.31. The van der Waals surface area contributed by atoms with Crippen molar-refractivity contribution in [1.29, 1.82) is 0 Å². The van der Waals surface area contributed by atoms with Crippen LogP contribution in [0.5, 0.6) is 0 Å². The van der Waals surface area contributed by atoms with Gasteiger partial charge in [-0.1, -0.05) is 0 Å². The maximum Gasteiger partial charge on any atom is 0.305 e. The fourth-order valence-electron chi connectivity index (χ4n) is 2.41.